The summed E-state index contributed by atoms with van der Waals surface area (Å²) in [4.78, 5) is 12.6. The quantitative estimate of drug-likeness (QED) is 0.746. The molecule has 1 amide bonds. The van der Waals surface area contributed by atoms with E-state index in [2.05, 4.69) is 22.8 Å². The number of methoxy groups -OCH3 is 1. The van der Waals surface area contributed by atoms with Gasteiger partial charge in [0.05, 0.1) is 7.11 Å². The largest absolute Gasteiger partial charge is 0.496 e. The van der Waals surface area contributed by atoms with E-state index in [-0.39, 0.29) is 18.3 Å². The number of anilines is 1. The van der Waals surface area contributed by atoms with Crippen LogP contribution in [0, 0.1) is 5.92 Å². The molecule has 4 nitrogen and oxygen atoms in total. The summed E-state index contributed by atoms with van der Waals surface area (Å²) in [7, 11) is 1.69. The third-order valence-electron chi connectivity index (χ3n) is 5.85. The Balaban J connectivity index is 0.00000225. The number of fused-ring (bicyclic) bond motifs is 2. The zero-order valence-corrected chi connectivity index (χ0v) is 17.1. The molecule has 2 fully saturated rings. The number of carbonyl (C=O) groups excluding carboxylic acids is 1. The lowest BCUT2D eigenvalue weighted by Gasteiger charge is -2.28. The van der Waals surface area contributed by atoms with E-state index < -0.39 is 0 Å². The van der Waals surface area contributed by atoms with Crippen LogP contribution in [0.3, 0.4) is 0 Å². The minimum absolute atomic E-state index is 0. The predicted octanol–water partition coefficient (Wildman–Crippen LogP) is 4.57. The van der Waals surface area contributed by atoms with E-state index in [0.717, 1.165) is 36.3 Å². The van der Waals surface area contributed by atoms with Crippen LogP contribution in [0.15, 0.2) is 48.5 Å². The molecule has 2 aliphatic heterocycles. The van der Waals surface area contributed by atoms with Crippen molar-refractivity contribution in [3.8, 4) is 5.75 Å². The number of rotatable bonds is 6. The first kappa shape index (κ1) is 20.7. The van der Waals surface area contributed by atoms with Crippen molar-refractivity contribution in [2.24, 2.45) is 5.92 Å². The molecule has 2 bridgehead atoms. The number of hydrogen-bond donors (Lipinski definition) is 2. The van der Waals surface area contributed by atoms with Gasteiger partial charge in [0.1, 0.15) is 5.75 Å². The molecule has 0 aliphatic carbocycles. The number of piperidine rings is 1. The van der Waals surface area contributed by atoms with E-state index in [1.54, 1.807) is 7.11 Å². The second-order valence-electron chi connectivity index (χ2n) is 7.92. The Bertz CT molecular complexity index is 784. The van der Waals surface area contributed by atoms with Crippen molar-refractivity contribution in [1.82, 2.24) is 5.32 Å². The van der Waals surface area contributed by atoms with Crippen molar-refractivity contribution in [2.45, 2.75) is 50.6 Å². The van der Waals surface area contributed by atoms with Crippen molar-refractivity contribution in [3.05, 3.63) is 59.7 Å². The summed E-state index contributed by atoms with van der Waals surface area (Å²) >= 11 is 0. The van der Waals surface area contributed by atoms with E-state index >= 15 is 0 Å². The molecule has 4 rings (SSSR count). The molecule has 0 spiro atoms. The minimum atomic E-state index is 0. The zero-order chi connectivity index (χ0) is 18.6. The van der Waals surface area contributed by atoms with Crippen LogP contribution in [-0.2, 0) is 11.2 Å². The molecular formula is C23H29ClN2O2. The number of halogens is 1. The Labute approximate surface area is 173 Å². The van der Waals surface area contributed by atoms with Gasteiger partial charge in [-0.15, -0.1) is 12.4 Å². The summed E-state index contributed by atoms with van der Waals surface area (Å²) < 4.78 is 5.51. The summed E-state index contributed by atoms with van der Waals surface area (Å²) in [6.07, 6.45) is 6.20. The van der Waals surface area contributed by atoms with E-state index in [1.807, 2.05) is 36.4 Å². The van der Waals surface area contributed by atoms with Gasteiger partial charge in [0.15, 0.2) is 0 Å². The molecule has 2 saturated heterocycles. The van der Waals surface area contributed by atoms with Gasteiger partial charge in [-0.05, 0) is 55.4 Å². The number of hydrogen-bond acceptors (Lipinski definition) is 3. The Kier molecular flexibility index (Phi) is 6.97. The van der Waals surface area contributed by atoms with Crippen molar-refractivity contribution in [1.29, 1.82) is 0 Å². The maximum absolute atomic E-state index is 12.6. The standard InChI is InChI=1S/C23H28N2O2.ClH/c1-27-22-10-9-21(15-18(22)11-16-5-3-2-4-6-16)25-23(26)14-17-12-19-7-8-20(13-17)24-19;/h2-6,9-10,15,17,19-20,24H,7-8,11-14H2,1H3,(H,25,26);1H. The maximum Gasteiger partial charge on any atom is 0.224 e. The average molecular weight is 401 g/mol. The Hall–Kier alpha value is -2.04. The second-order valence-corrected chi connectivity index (χ2v) is 7.92. The molecule has 2 aromatic carbocycles. The fourth-order valence-corrected chi connectivity index (χ4v) is 4.63. The van der Waals surface area contributed by atoms with Gasteiger partial charge in [0.2, 0.25) is 5.91 Å². The van der Waals surface area contributed by atoms with Crippen LogP contribution < -0.4 is 15.4 Å². The molecule has 0 aromatic heterocycles. The first-order chi connectivity index (χ1) is 13.2. The van der Waals surface area contributed by atoms with Gasteiger partial charge in [-0.2, -0.15) is 0 Å². The highest BCUT2D eigenvalue weighted by Gasteiger charge is 2.34. The Morgan fingerprint density at radius 2 is 1.82 bits per heavy atom. The molecule has 2 N–H and O–H groups in total. The van der Waals surface area contributed by atoms with Gasteiger partial charge in [-0.25, -0.2) is 0 Å². The van der Waals surface area contributed by atoms with Crippen molar-refractivity contribution < 1.29 is 9.53 Å². The summed E-state index contributed by atoms with van der Waals surface area (Å²) in [6.45, 7) is 0. The first-order valence-corrected chi connectivity index (χ1v) is 9.96. The van der Waals surface area contributed by atoms with E-state index in [0.29, 0.717) is 24.4 Å². The third-order valence-corrected chi connectivity index (χ3v) is 5.85. The van der Waals surface area contributed by atoms with E-state index in [9.17, 15) is 4.79 Å². The summed E-state index contributed by atoms with van der Waals surface area (Å²) in [5, 5.41) is 6.74. The van der Waals surface area contributed by atoms with Crippen LogP contribution in [0.1, 0.15) is 43.2 Å². The van der Waals surface area contributed by atoms with Crippen LogP contribution in [0.25, 0.3) is 0 Å². The highest BCUT2D eigenvalue weighted by atomic mass is 35.5. The molecular weight excluding hydrogens is 372 g/mol. The number of ether oxygens (including phenoxy) is 1. The fourth-order valence-electron chi connectivity index (χ4n) is 4.63. The van der Waals surface area contributed by atoms with Crippen molar-refractivity contribution in [2.75, 3.05) is 12.4 Å². The smallest absolute Gasteiger partial charge is 0.224 e. The maximum atomic E-state index is 12.6. The highest BCUT2D eigenvalue weighted by Crippen LogP contribution is 2.33. The topological polar surface area (TPSA) is 50.4 Å². The Morgan fingerprint density at radius 1 is 1.11 bits per heavy atom. The molecule has 2 atom stereocenters. The molecule has 2 heterocycles. The van der Waals surface area contributed by atoms with Crippen LogP contribution in [0.5, 0.6) is 5.75 Å². The lowest BCUT2D eigenvalue weighted by Crippen LogP contribution is -2.39. The summed E-state index contributed by atoms with van der Waals surface area (Å²) in [5.74, 6) is 1.48. The van der Waals surface area contributed by atoms with Gasteiger partial charge in [-0.1, -0.05) is 30.3 Å². The molecule has 150 valence electrons. The van der Waals surface area contributed by atoms with Gasteiger partial charge in [0, 0.05) is 36.2 Å². The Morgan fingerprint density at radius 3 is 2.50 bits per heavy atom. The van der Waals surface area contributed by atoms with E-state index in [4.69, 9.17) is 4.74 Å². The van der Waals surface area contributed by atoms with Crippen molar-refractivity contribution in [3.63, 3.8) is 0 Å². The van der Waals surface area contributed by atoms with Crippen LogP contribution in [0.4, 0.5) is 5.69 Å². The van der Waals surface area contributed by atoms with Gasteiger partial charge >= 0.3 is 0 Å². The number of amides is 1. The number of benzene rings is 2. The number of nitrogens with one attached hydrogen (secondary N) is 2. The average Bonchev–Trinajstić information content (AvgIpc) is 3.01. The fraction of sp³-hybridized carbons (Fsp3) is 0.435. The van der Waals surface area contributed by atoms with Gasteiger partial charge < -0.3 is 15.4 Å². The summed E-state index contributed by atoms with van der Waals surface area (Å²) in [5.41, 5.74) is 3.16. The summed E-state index contributed by atoms with van der Waals surface area (Å²) in [6, 6.07) is 17.5. The minimum Gasteiger partial charge on any atom is -0.496 e. The SMILES string of the molecule is COc1ccc(NC(=O)CC2CC3CCC(C2)N3)cc1Cc1ccccc1.Cl. The molecule has 5 heteroatoms. The van der Waals surface area contributed by atoms with E-state index in [1.165, 1.54) is 18.4 Å². The van der Waals surface area contributed by atoms with Crippen LogP contribution in [0.2, 0.25) is 0 Å². The monoisotopic (exact) mass is 400 g/mol. The molecule has 2 unspecified atom stereocenters. The predicted molar refractivity (Wildman–Crippen MR) is 115 cm³/mol. The molecule has 2 aliphatic rings. The number of carbonyl (C=O) groups is 1. The lowest BCUT2D eigenvalue weighted by molar-refractivity contribution is -0.117. The highest BCUT2D eigenvalue weighted by molar-refractivity contribution is 5.91. The van der Waals surface area contributed by atoms with Gasteiger partial charge in [-0.3, -0.25) is 4.79 Å². The molecule has 2 aromatic rings. The normalized spacial score (nSPS) is 23.0. The van der Waals surface area contributed by atoms with Crippen molar-refractivity contribution >= 4 is 24.0 Å². The van der Waals surface area contributed by atoms with Gasteiger partial charge in [0.25, 0.3) is 0 Å². The third kappa shape index (κ3) is 5.06. The van der Waals surface area contributed by atoms with Crippen LogP contribution >= 0.6 is 12.4 Å². The lowest BCUT2D eigenvalue weighted by atomic mass is 9.89. The molecule has 0 radical (unpaired) electrons. The second kappa shape index (κ2) is 9.44. The molecule has 0 saturated carbocycles. The first-order valence-electron chi connectivity index (χ1n) is 9.96. The molecule has 28 heavy (non-hydrogen) atoms. The zero-order valence-electron chi connectivity index (χ0n) is 16.3. The van der Waals surface area contributed by atoms with Crippen LogP contribution in [-0.4, -0.2) is 25.1 Å².